The highest BCUT2D eigenvalue weighted by molar-refractivity contribution is 8.00. The summed E-state index contributed by atoms with van der Waals surface area (Å²) >= 11 is 1.74. The summed E-state index contributed by atoms with van der Waals surface area (Å²) in [6, 6.07) is 6.75. The third-order valence-corrected chi connectivity index (χ3v) is 8.03. The zero-order valence-corrected chi connectivity index (χ0v) is 23.1. The van der Waals surface area contributed by atoms with Crippen LogP contribution in [0.5, 0.6) is 17.2 Å². The van der Waals surface area contributed by atoms with E-state index in [2.05, 4.69) is 5.32 Å². The standard InChI is InChI=1S/C27H33N3O7S/c1-6-36-27(33)37-24-21(34-4)12-16(13-22(24)35-5)25(31)28-18-14-19-20(30(3)26(32)29(19)2)15-23(18)38-17-10-8-7-9-11-17/h12-15,17H,6-11H2,1-5H3,(H,28,31). The third kappa shape index (κ3) is 5.62. The summed E-state index contributed by atoms with van der Waals surface area (Å²) in [6.45, 7) is 1.80. The lowest BCUT2D eigenvalue weighted by atomic mass is 10.0. The number of ether oxygens (including phenoxy) is 4. The number of aryl methyl sites for hydroxylation is 2. The molecule has 0 bridgehead atoms. The van der Waals surface area contributed by atoms with E-state index >= 15 is 0 Å². The number of hydrogen-bond donors (Lipinski definition) is 1. The average molecular weight is 544 g/mol. The quantitative estimate of drug-likeness (QED) is 0.308. The molecule has 1 N–H and O–H groups in total. The largest absolute Gasteiger partial charge is 0.514 e. The molecular formula is C27H33N3O7S. The zero-order valence-electron chi connectivity index (χ0n) is 22.3. The number of aromatic nitrogens is 2. The normalized spacial score (nSPS) is 13.8. The number of carbonyl (C=O) groups excluding carboxylic acids is 2. The van der Waals surface area contributed by atoms with Crippen molar-refractivity contribution < 1.29 is 28.5 Å². The Labute approximate surface area is 225 Å². The number of hydrogen-bond acceptors (Lipinski definition) is 8. The van der Waals surface area contributed by atoms with E-state index in [0.29, 0.717) is 16.5 Å². The molecule has 0 spiro atoms. The highest BCUT2D eigenvalue weighted by atomic mass is 32.2. The van der Waals surface area contributed by atoms with Crippen LogP contribution in [-0.2, 0) is 18.8 Å². The van der Waals surface area contributed by atoms with Crippen LogP contribution in [0.3, 0.4) is 0 Å². The summed E-state index contributed by atoms with van der Waals surface area (Å²) in [7, 11) is 6.26. The first-order chi connectivity index (χ1) is 18.3. The molecule has 1 heterocycles. The van der Waals surface area contributed by atoms with Gasteiger partial charge in [-0.2, -0.15) is 0 Å². The lowest BCUT2D eigenvalue weighted by Gasteiger charge is -2.22. The molecule has 0 saturated heterocycles. The summed E-state index contributed by atoms with van der Waals surface area (Å²) in [5.41, 5.74) is 2.24. The van der Waals surface area contributed by atoms with Gasteiger partial charge < -0.3 is 24.3 Å². The first kappa shape index (κ1) is 27.4. The number of imidazole rings is 1. The Morgan fingerprint density at radius 1 is 0.974 bits per heavy atom. The van der Waals surface area contributed by atoms with Gasteiger partial charge in [0.2, 0.25) is 5.75 Å². The van der Waals surface area contributed by atoms with Crippen LogP contribution in [0, 0.1) is 0 Å². The van der Waals surface area contributed by atoms with Crippen molar-refractivity contribution in [1.82, 2.24) is 9.13 Å². The van der Waals surface area contributed by atoms with Gasteiger partial charge in [-0.3, -0.25) is 13.9 Å². The van der Waals surface area contributed by atoms with Crippen LogP contribution in [0.15, 0.2) is 34.0 Å². The van der Waals surface area contributed by atoms with Crippen LogP contribution in [0.4, 0.5) is 10.5 Å². The molecule has 0 atom stereocenters. The molecule has 0 unspecified atom stereocenters. The summed E-state index contributed by atoms with van der Waals surface area (Å²) in [4.78, 5) is 38.9. The van der Waals surface area contributed by atoms with Crippen molar-refractivity contribution in [3.8, 4) is 17.2 Å². The van der Waals surface area contributed by atoms with E-state index in [9.17, 15) is 14.4 Å². The Morgan fingerprint density at radius 2 is 1.58 bits per heavy atom. The second kappa shape index (κ2) is 11.8. The average Bonchev–Trinajstić information content (AvgIpc) is 3.12. The van der Waals surface area contributed by atoms with Gasteiger partial charge in [0.25, 0.3) is 5.91 Å². The predicted octanol–water partition coefficient (Wildman–Crippen LogP) is 5.11. The number of carbonyl (C=O) groups is 2. The molecule has 1 aliphatic carbocycles. The summed E-state index contributed by atoms with van der Waals surface area (Å²) in [5.74, 6) is -0.116. The van der Waals surface area contributed by atoms with Crippen molar-refractivity contribution in [2.45, 2.75) is 49.2 Å². The van der Waals surface area contributed by atoms with Crippen LogP contribution >= 0.6 is 11.8 Å². The number of amides is 1. The van der Waals surface area contributed by atoms with Crippen LogP contribution in [0.2, 0.25) is 0 Å². The van der Waals surface area contributed by atoms with E-state index in [-0.39, 0.29) is 35.1 Å². The monoisotopic (exact) mass is 543 g/mol. The van der Waals surface area contributed by atoms with Gasteiger partial charge in [-0.1, -0.05) is 19.3 Å². The fourth-order valence-electron chi connectivity index (χ4n) is 4.62. The van der Waals surface area contributed by atoms with Crippen LogP contribution in [0.1, 0.15) is 49.4 Å². The number of benzene rings is 2. The number of nitrogens with one attached hydrogen (secondary N) is 1. The SMILES string of the molecule is CCOC(=O)Oc1c(OC)cc(C(=O)Nc2cc3c(cc2SC2CCCCC2)n(C)c(=O)n3C)cc1OC. The maximum Gasteiger partial charge on any atom is 0.514 e. The minimum absolute atomic E-state index is 0.0132. The van der Waals surface area contributed by atoms with Crippen LogP contribution < -0.4 is 25.2 Å². The Bertz CT molecular complexity index is 1380. The molecule has 0 radical (unpaired) electrons. The highest BCUT2D eigenvalue weighted by Gasteiger charge is 2.23. The molecule has 10 nitrogen and oxygen atoms in total. The van der Waals surface area contributed by atoms with E-state index in [0.717, 1.165) is 23.3 Å². The molecule has 38 heavy (non-hydrogen) atoms. The molecule has 1 saturated carbocycles. The smallest absolute Gasteiger partial charge is 0.493 e. The van der Waals surface area contributed by atoms with Gasteiger partial charge in [0.1, 0.15) is 0 Å². The zero-order chi connectivity index (χ0) is 27.4. The summed E-state index contributed by atoms with van der Waals surface area (Å²) < 4.78 is 24.0. The lowest BCUT2D eigenvalue weighted by molar-refractivity contribution is 0.102. The van der Waals surface area contributed by atoms with Crippen molar-refractivity contribution in [3.05, 3.63) is 40.3 Å². The second-order valence-electron chi connectivity index (χ2n) is 9.06. The summed E-state index contributed by atoms with van der Waals surface area (Å²) in [6.07, 6.45) is 4.93. The molecule has 0 aliphatic heterocycles. The van der Waals surface area contributed by atoms with E-state index in [1.54, 1.807) is 41.9 Å². The highest BCUT2D eigenvalue weighted by Crippen LogP contribution is 2.41. The first-order valence-electron chi connectivity index (χ1n) is 12.5. The Kier molecular flexibility index (Phi) is 8.55. The number of methoxy groups -OCH3 is 2. The minimum Gasteiger partial charge on any atom is -0.493 e. The first-order valence-corrected chi connectivity index (χ1v) is 13.4. The van der Waals surface area contributed by atoms with Gasteiger partial charge in [0.15, 0.2) is 11.5 Å². The van der Waals surface area contributed by atoms with E-state index in [1.807, 2.05) is 12.1 Å². The maximum absolute atomic E-state index is 13.5. The number of nitrogens with zero attached hydrogens (tertiary/aromatic N) is 2. The van der Waals surface area contributed by atoms with Gasteiger partial charge in [0, 0.05) is 29.8 Å². The topological polar surface area (TPSA) is 110 Å². The Hall–Kier alpha value is -3.60. The Balaban J connectivity index is 1.71. The van der Waals surface area contributed by atoms with Crippen molar-refractivity contribution in [2.75, 3.05) is 26.1 Å². The van der Waals surface area contributed by atoms with Crippen molar-refractivity contribution >= 4 is 40.5 Å². The molecule has 1 fully saturated rings. The van der Waals surface area contributed by atoms with Gasteiger partial charge in [-0.05, 0) is 44.0 Å². The number of thioether (sulfide) groups is 1. The van der Waals surface area contributed by atoms with Gasteiger partial charge >= 0.3 is 11.8 Å². The van der Waals surface area contributed by atoms with E-state index < -0.39 is 12.1 Å². The van der Waals surface area contributed by atoms with Gasteiger partial charge in [0.05, 0.1) is 37.5 Å². The van der Waals surface area contributed by atoms with Crippen molar-refractivity contribution in [3.63, 3.8) is 0 Å². The van der Waals surface area contributed by atoms with Gasteiger partial charge in [-0.25, -0.2) is 9.59 Å². The molecule has 11 heteroatoms. The van der Waals surface area contributed by atoms with Crippen molar-refractivity contribution in [1.29, 1.82) is 0 Å². The third-order valence-electron chi connectivity index (χ3n) is 6.64. The Morgan fingerprint density at radius 3 is 2.16 bits per heavy atom. The molecule has 4 rings (SSSR count). The molecule has 1 amide bonds. The second-order valence-corrected chi connectivity index (χ2v) is 10.4. The number of anilines is 1. The number of rotatable bonds is 8. The minimum atomic E-state index is -0.910. The lowest BCUT2D eigenvalue weighted by Crippen LogP contribution is -2.19. The van der Waals surface area contributed by atoms with Crippen LogP contribution in [0.25, 0.3) is 11.0 Å². The number of fused-ring (bicyclic) bond motifs is 1. The fraction of sp³-hybridized carbons (Fsp3) is 0.444. The summed E-state index contributed by atoms with van der Waals surface area (Å²) in [5, 5.41) is 3.46. The predicted molar refractivity (Wildman–Crippen MR) is 146 cm³/mol. The molecule has 1 aliphatic rings. The molecular weight excluding hydrogens is 510 g/mol. The van der Waals surface area contributed by atoms with Crippen LogP contribution in [-0.4, -0.2) is 47.3 Å². The fourth-order valence-corrected chi connectivity index (χ4v) is 5.97. The maximum atomic E-state index is 13.5. The molecule has 204 valence electrons. The molecule has 2 aromatic carbocycles. The van der Waals surface area contributed by atoms with E-state index in [4.69, 9.17) is 18.9 Å². The van der Waals surface area contributed by atoms with Crippen molar-refractivity contribution in [2.24, 2.45) is 14.1 Å². The molecule has 1 aromatic heterocycles. The molecule has 3 aromatic rings. The van der Waals surface area contributed by atoms with Gasteiger partial charge in [-0.15, -0.1) is 11.8 Å². The van der Waals surface area contributed by atoms with E-state index in [1.165, 1.54) is 45.6 Å².